The van der Waals surface area contributed by atoms with Gasteiger partial charge in [0.2, 0.25) is 0 Å². The van der Waals surface area contributed by atoms with Crippen molar-refractivity contribution < 1.29 is 5.11 Å². The summed E-state index contributed by atoms with van der Waals surface area (Å²) in [5.41, 5.74) is 0.0177. The van der Waals surface area contributed by atoms with Gasteiger partial charge in [0.15, 0.2) is 0 Å². The smallest absolute Gasteiger partial charge is 0.137 e. The molecule has 0 saturated heterocycles. The molecule has 5 heteroatoms. The van der Waals surface area contributed by atoms with Crippen LogP contribution >= 0.6 is 11.6 Å². The van der Waals surface area contributed by atoms with Crippen LogP contribution in [-0.4, -0.2) is 27.2 Å². The van der Waals surface area contributed by atoms with Gasteiger partial charge in [-0.2, -0.15) is 0 Å². The number of aryl methyl sites for hydroxylation is 1. The molecular formula is C10H16ClN3O. The average molecular weight is 230 g/mol. The number of halogens is 1. The molecule has 0 spiro atoms. The second-order valence-electron chi connectivity index (χ2n) is 4.20. The van der Waals surface area contributed by atoms with Crippen molar-refractivity contribution in [1.82, 2.24) is 9.97 Å². The van der Waals surface area contributed by atoms with Crippen molar-refractivity contribution in [3.8, 4) is 0 Å². The summed E-state index contributed by atoms with van der Waals surface area (Å²) in [4.78, 5) is 8.25. The van der Waals surface area contributed by atoms with E-state index in [-0.39, 0.29) is 0 Å². The summed E-state index contributed by atoms with van der Waals surface area (Å²) >= 11 is 5.92. The highest BCUT2D eigenvalue weighted by Crippen LogP contribution is 2.19. The number of aliphatic hydroxyl groups is 1. The van der Waals surface area contributed by atoms with Crippen molar-refractivity contribution in [2.75, 3.05) is 11.9 Å². The summed E-state index contributed by atoms with van der Waals surface area (Å²) in [5, 5.41) is 13.1. The molecule has 1 heterocycles. The van der Waals surface area contributed by atoms with Gasteiger partial charge in [0.25, 0.3) is 0 Å². The minimum Gasteiger partial charge on any atom is -0.389 e. The molecule has 2 N–H and O–H groups in total. The third kappa shape index (κ3) is 3.64. The maximum Gasteiger partial charge on any atom is 0.137 e. The Bertz CT molecular complexity index is 360. The van der Waals surface area contributed by atoms with Crippen LogP contribution in [0.25, 0.3) is 0 Å². The second kappa shape index (κ2) is 4.33. The quantitative estimate of drug-likeness (QED) is 0.778. The van der Waals surface area contributed by atoms with Crippen LogP contribution in [0.15, 0.2) is 0 Å². The van der Waals surface area contributed by atoms with Crippen LogP contribution in [-0.2, 0) is 0 Å². The Kier molecular flexibility index (Phi) is 3.52. The van der Waals surface area contributed by atoms with Gasteiger partial charge in [-0.05, 0) is 27.7 Å². The van der Waals surface area contributed by atoms with Crippen LogP contribution in [0.5, 0.6) is 0 Å². The fourth-order valence-electron chi connectivity index (χ4n) is 1.07. The molecule has 0 radical (unpaired) electrons. The molecule has 0 aromatic carbocycles. The third-order valence-corrected chi connectivity index (χ3v) is 2.25. The van der Waals surface area contributed by atoms with E-state index in [1.165, 1.54) is 0 Å². The molecule has 0 atom stereocenters. The third-order valence-electron chi connectivity index (χ3n) is 1.89. The van der Waals surface area contributed by atoms with Gasteiger partial charge in [-0.25, -0.2) is 9.97 Å². The second-order valence-corrected chi connectivity index (χ2v) is 4.56. The van der Waals surface area contributed by atoms with Crippen molar-refractivity contribution in [1.29, 1.82) is 0 Å². The van der Waals surface area contributed by atoms with E-state index < -0.39 is 5.60 Å². The lowest BCUT2D eigenvalue weighted by atomic mass is 10.1. The van der Waals surface area contributed by atoms with Crippen LogP contribution in [0.1, 0.15) is 25.2 Å². The zero-order valence-corrected chi connectivity index (χ0v) is 10.2. The highest BCUT2D eigenvalue weighted by atomic mass is 35.5. The Morgan fingerprint density at radius 3 is 2.47 bits per heavy atom. The van der Waals surface area contributed by atoms with Gasteiger partial charge in [0.1, 0.15) is 16.8 Å². The number of nitrogens with zero attached hydrogens (tertiary/aromatic N) is 2. The Morgan fingerprint density at radius 1 is 1.33 bits per heavy atom. The largest absolute Gasteiger partial charge is 0.389 e. The molecule has 0 amide bonds. The van der Waals surface area contributed by atoms with E-state index in [0.717, 1.165) is 5.56 Å². The number of hydrogen-bond donors (Lipinski definition) is 2. The molecule has 0 unspecified atom stereocenters. The fourth-order valence-corrected chi connectivity index (χ4v) is 1.28. The van der Waals surface area contributed by atoms with E-state index in [0.29, 0.717) is 23.3 Å². The lowest BCUT2D eigenvalue weighted by Gasteiger charge is -2.19. The van der Waals surface area contributed by atoms with Gasteiger partial charge in [0.05, 0.1) is 5.60 Å². The predicted molar refractivity (Wildman–Crippen MR) is 61.3 cm³/mol. The van der Waals surface area contributed by atoms with Crippen LogP contribution in [0.4, 0.5) is 5.82 Å². The minimum atomic E-state index is -0.780. The first kappa shape index (κ1) is 12.2. The molecule has 0 saturated carbocycles. The van der Waals surface area contributed by atoms with Gasteiger partial charge in [-0.3, -0.25) is 0 Å². The van der Waals surface area contributed by atoms with Crippen molar-refractivity contribution in [3.63, 3.8) is 0 Å². The molecule has 1 rings (SSSR count). The predicted octanol–water partition coefficient (Wildman–Crippen LogP) is 1.93. The number of rotatable bonds is 3. The zero-order chi connectivity index (χ0) is 11.6. The van der Waals surface area contributed by atoms with Crippen LogP contribution < -0.4 is 5.32 Å². The summed E-state index contributed by atoms with van der Waals surface area (Å²) in [6.45, 7) is 7.49. The van der Waals surface area contributed by atoms with E-state index in [4.69, 9.17) is 11.6 Å². The Labute approximate surface area is 94.7 Å². The van der Waals surface area contributed by atoms with E-state index >= 15 is 0 Å². The SMILES string of the molecule is Cc1nc(Cl)c(C)c(NCC(C)(C)O)n1. The van der Waals surface area contributed by atoms with Gasteiger partial charge < -0.3 is 10.4 Å². The summed E-state index contributed by atoms with van der Waals surface area (Å²) in [6, 6.07) is 0. The highest BCUT2D eigenvalue weighted by molar-refractivity contribution is 6.30. The Balaban J connectivity index is 2.86. The first-order valence-electron chi connectivity index (χ1n) is 4.76. The highest BCUT2D eigenvalue weighted by Gasteiger charge is 2.14. The van der Waals surface area contributed by atoms with Crippen molar-refractivity contribution in [2.24, 2.45) is 0 Å². The van der Waals surface area contributed by atoms with Crippen molar-refractivity contribution in [3.05, 3.63) is 16.5 Å². The molecule has 15 heavy (non-hydrogen) atoms. The van der Waals surface area contributed by atoms with Crippen LogP contribution in [0.2, 0.25) is 5.15 Å². The van der Waals surface area contributed by atoms with E-state index in [1.54, 1.807) is 20.8 Å². The summed E-state index contributed by atoms with van der Waals surface area (Å²) in [7, 11) is 0. The molecule has 0 bridgehead atoms. The van der Waals surface area contributed by atoms with Crippen molar-refractivity contribution >= 4 is 17.4 Å². The molecule has 4 nitrogen and oxygen atoms in total. The van der Waals surface area contributed by atoms with Gasteiger partial charge >= 0.3 is 0 Å². The topological polar surface area (TPSA) is 58.0 Å². The first-order valence-corrected chi connectivity index (χ1v) is 5.14. The normalized spacial score (nSPS) is 11.6. The molecule has 1 aromatic heterocycles. The van der Waals surface area contributed by atoms with Gasteiger partial charge in [0, 0.05) is 12.1 Å². The number of nitrogens with one attached hydrogen (secondary N) is 1. The van der Waals surface area contributed by atoms with Gasteiger partial charge in [-0.15, -0.1) is 0 Å². The maximum atomic E-state index is 9.57. The molecular weight excluding hydrogens is 214 g/mol. The van der Waals surface area contributed by atoms with E-state index in [1.807, 2.05) is 6.92 Å². The number of hydrogen-bond acceptors (Lipinski definition) is 4. The standard InChI is InChI=1S/C10H16ClN3O/c1-6-8(11)13-7(2)14-9(6)12-5-10(3,4)15/h15H,5H2,1-4H3,(H,12,13,14). The lowest BCUT2D eigenvalue weighted by Crippen LogP contribution is -2.30. The molecule has 1 aromatic rings. The van der Waals surface area contributed by atoms with Crippen LogP contribution in [0.3, 0.4) is 0 Å². The maximum absolute atomic E-state index is 9.57. The molecule has 0 fully saturated rings. The van der Waals surface area contributed by atoms with Gasteiger partial charge in [-0.1, -0.05) is 11.6 Å². The fraction of sp³-hybridized carbons (Fsp3) is 0.600. The van der Waals surface area contributed by atoms with E-state index in [9.17, 15) is 5.11 Å². The summed E-state index contributed by atoms with van der Waals surface area (Å²) in [5.74, 6) is 1.29. The monoisotopic (exact) mass is 229 g/mol. The van der Waals surface area contributed by atoms with E-state index in [2.05, 4.69) is 15.3 Å². The minimum absolute atomic E-state index is 0.417. The van der Waals surface area contributed by atoms with Crippen molar-refractivity contribution in [2.45, 2.75) is 33.3 Å². The Morgan fingerprint density at radius 2 is 1.93 bits per heavy atom. The lowest BCUT2D eigenvalue weighted by molar-refractivity contribution is 0.0944. The molecule has 0 aliphatic carbocycles. The molecule has 0 aliphatic rings. The summed E-state index contributed by atoms with van der Waals surface area (Å²) in [6.07, 6.45) is 0. The zero-order valence-electron chi connectivity index (χ0n) is 9.43. The Hall–Kier alpha value is -0.870. The molecule has 84 valence electrons. The molecule has 0 aliphatic heterocycles. The summed E-state index contributed by atoms with van der Waals surface area (Å²) < 4.78 is 0. The van der Waals surface area contributed by atoms with Crippen LogP contribution in [0, 0.1) is 13.8 Å². The number of anilines is 1. The first-order chi connectivity index (χ1) is 6.79. The average Bonchev–Trinajstić information content (AvgIpc) is 2.07. The number of aromatic nitrogens is 2.